The van der Waals surface area contributed by atoms with E-state index in [4.69, 9.17) is 16.2 Å². The zero-order valence-corrected chi connectivity index (χ0v) is 17.1. The largest absolute Gasteiger partial charge is 0.387 e. The highest BCUT2D eigenvalue weighted by Gasteiger charge is 2.44. The number of amides is 1. The number of nitrogen functional groups attached to an aromatic ring is 1. The Bertz CT molecular complexity index is 928. The summed E-state index contributed by atoms with van der Waals surface area (Å²) in [5.41, 5.74) is 12.0. The van der Waals surface area contributed by atoms with Crippen molar-refractivity contribution in [2.24, 2.45) is 5.73 Å². The number of hydrogen-bond acceptors (Lipinski definition) is 10. The van der Waals surface area contributed by atoms with Gasteiger partial charge in [-0.2, -0.15) is 0 Å². The number of anilines is 1. The molecule has 162 valence electrons. The molecule has 1 aliphatic heterocycles. The van der Waals surface area contributed by atoms with Crippen LogP contribution in [-0.2, 0) is 9.53 Å². The van der Waals surface area contributed by atoms with Gasteiger partial charge in [-0.15, -0.1) is 11.8 Å². The molecule has 3 rings (SSSR count). The molecular formula is C18H25N7O4S. The van der Waals surface area contributed by atoms with Gasteiger partial charge in [-0.3, -0.25) is 9.36 Å². The molecule has 11 nitrogen and oxygen atoms in total. The van der Waals surface area contributed by atoms with Crippen LogP contribution in [0.4, 0.5) is 5.82 Å². The van der Waals surface area contributed by atoms with E-state index in [9.17, 15) is 15.0 Å². The Morgan fingerprint density at radius 2 is 2.13 bits per heavy atom. The molecule has 1 fully saturated rings. The van der Waals surface area contributed by atoms with Crippen molar-refractivity contribution in [1.82, 2.24) is 24.8 Å². The lowest BCUT2D eigenvalue weighted by atomic mass is 10.1. The standard InChI is InChI=1S/C18H25N7O4S/c19-5-3-4-12(26)21-6-1-2-7-30-8-11-14(27)15(28)18(29-11)25-10-24-13-16(20)22-9-23-17(13)25/h9-11,14-15,18,27-28H,3-8,19H2,(H,21,26)(H2,20,22,23)/t11-,14?,15?,18-/m1/s1. The number of imidazole rings is 1. The van der Waals surface area contributed by atoms with Crippen LogP contribution in [0.3, 0.4) is 0 Å². The number of carbonyl (C=O) groups excluding carboxylic acids is 1. The number of thioether (sulfide) groups is 1. The molecule has 1 amide bonds. The summed E-state index contributed by atoms with van der Waals surface area (Å²) >= 11 is 1.46. The van der Waals surface area contributed by atoms with Crippen molar-refractivity contribution in [3.8, 4) is 11.8 Å². The van der Waals surface area contributed by atoms with Crippen molar-refractivity contribution in [1.29, 1.82) is 0 Å². The maximum Gasteiger partial charge on any atom is 0.220 e. The van der Waals surface area contributed by atoms with E-state index < -0.39 is 24.5 Å². The first-order valence-electron chi connectivity index (χ1n) is 9.47. The Morgan fingerprint density at radius 3 is 2.93 bits per heavy atom. The first-order valence-corrected chi connectivity index (χ1v) is 10.6. The summed E-state index contributed by atoms with van der Waals surface area (Å²) in [6.07, 6.45) is 0.204. The van der Waals surface area contributed by atoms with Gasteiger partial charge < -0.3 is 31.7 Å². The molecule has 0 saturated carbocycles. The number of carbonyl (C=O) groups is 1. The number of rotatable bonds is 8. The molecule has 2 unspecified atom stereocenters. The fourth-order valence-electron chi connectivity index (χ4n) is 2.99. The number of aromatic nitrogens is 4. The van der Waals surface area contributed by atoms with Crippen molar-refractivity contribution < 1.29 is 19.7 Å². The van der Waals surface area contributed by atoms with E-state index in [-0.39, 0.29) is 18.3 Å². The second kappa shape index (κ2) is 10.6. The van der Waals surface area contributed by atoms with Crippen LogP contribution in [-0.4, -0.2) is 78.5 Å². The minimum absolute atomic E-state index is 0.0658. The van der Waals surface area contributed by atoms with Gasteiger partial charge in [0, 0.05) is 12.2 Å². The Morgan fingerprint density at radius 1 is 1.30 bits per heavy atom. The van der Waals surface area contributed by atoms with Gasteiger partial charge in [0.2, 0.25) is 5.91 Å². The molecule has 7 N–H and O–H groups in total. The van der Waals surface area contributed by atoms with Crippen molar-refractivity contribution in [3.05, 3.63) is 12.7 Å². The van der Waals surface area contributed by atoms with Gasteiger partial charge in [-0.05, 0) is 13.0 Å². The van der Waals surface area contributed by atoms with Crippen molar-refractivity contribution >= 4 is 34.7 Å². The first kappa shape index (κ1) is 22.3. The lowest BCUT2D eigenvalue weighted by Crippen LogP contribution is -2.32. The number of aliphatic hydroxyl groups is 2. The predicted molar refractivity (Wildman–Crippen MR) is 112 cm³/mol. The van der Waals surface area contributed by atoms with Gasteiger partial charge >= 0.3 is 0 Å². The second-order valence-corrected chi connectivity index (χ2v) is 7.70. The summed E-state index contributed by atoms with van der Waals surface area (Å²) in [6.45, 7) is 0.769. The number of nitrogens with zero attached hydrogens (tertiary/aromatic N) is 4. The average Bonchev–Trinajstić information content (AvgIpc) is 3.28. The molecular weight excluding hydrogens is 410 g/mol. The molecule has 0 spiro atoms. The van der Waals surface area contributed by atoms with E-state index in [1.54, 1.807) is 4.57 Å². The second-order valence-electron chi connectivity index (χ2n) is 6.67. The quantitative estimate of drug-likeness (QED) is 0.245. The lowest BCUT2D eigenvalue weighted by Gasteiger charge is -2.16. The topological polar surface area (TPSA) is 174 Å². The fraction of sp³-hybridized carbons (Fsp3) is 0.556. The van der Waals surface area contributed by atoms with Crippen molar-refractivity contribution in [2.75, 3.05) is 30.3 Å². The van der Waals surface area contributed by atoms with E-state index in [0.717, 1.165) is 0 Å². The predicted octanol–water partition coefficient (Wildman–Crippen LogP) is -1.38. The molecule has 0 radical (unpaired) electrons. The van der Waals surface area contributed by atoms with Gasteiger partial charge in [-0.25, -0.2) is 15.0 Å². The minimum Gasteiger partial charge on any atom is -0.387 e. The third-order valence-corrected chi connectivity index (χ3v) is 5.47. The van der Waals surface area contributed by atoms with E-state index in [1.807, 2.05) is 0 Å². The fourth-order valence-corrected chi connectivity index (χ4v) is 3.82. The summed E-state index contributed by atoms with van der Waals surface area (Å²) in [7, 11) is 0. The lowest BCUT2D eigenvalue weighted by molar-refractivity contribution is -0.120. The van der Waals surface area contributed by atoms with Crippen molar-refractivity contribution in [2.45, 2.75) is 37.4 Å². The third kappa shape index (κ3) is 5.18. The van der Waals surface area contributed by atoms with Crippen LogP contribution < -0.4 is 16.8 Å². The molecule has 4 atom stereocenters. The zero-order valence-electron chi connectivity index (χ0n) is 16.3. The van der Waals surface area contributed by atoms with E-state index in [0.29, 0.717) is 42.1 Å². The van der Waals surface area contributed by atoms with E-state index in [2.05, 4.69) is 32.1 Å². The SMILES string of the molecule is NCCCC(=O)NCC#CCSC[C@H]1O[C@@H](n2cnc3c(N)ncnc32)C(O)C1O. The first-order chi connectivity index (χ1) is 14.5. The van der Waals surface area contributed by atoms with Crippen LogP contribution in [0, 0.1) is 11.8 Å². The number of nitrogens with two attached hydrogens (primary N) is 2. The summed E-state index contributed by atoms with van der Waals surface area (Å²) in [6, 6.07) is 0. The maximum atomic E-state index is 11.4. The molecule has 2 aromatic heterocycles. The minimum atomic E-state index is -1.14. The highest BCUT2D eigenvalue weighted by atomic mass is 32.2. The van der Waals surface area contributed by atoms with Crippen LogP contribution in [0.2, 0.25) is 0 Å². The van der Waals surface area contributed by atoms with E-state index in [1.165, 1.54) is 24.4 Å². The molecule has 3 heterocycles. The molecule has 30 heavy (non-hydrogen) atoms. The summed E-state index contributed by atoms with van der Waals surface area (Å²) in [5.74, 6) is 6.92. The number of fused-ring (bicyclic) bond motifs is 1. The molecule has 12 heteroatoms. The Hall–Kier alpha value is -2.43. The highest BCUT2D eigenvalue weighted by Crippen LogP contribution is 2.33. The summed E-state index contributed by atoms with van der Waals surface area (Å²) in [5, 5.41) is 23.5. The summed E-state index contributed by atoms with van der Waals surface area (Å²) < 4.78 is 7.40. The number of aliphatic hydroxyl groups excluding tert-OH is 2. The van der Waals surface area contributed by atoms with Crippen LogP contribution >= 0.6 is 11.8 Å². The van der Waals surface area contributed by atoms with Crippen LogP contribution in [0.1, 0.15) is 19.1 Å². The van der Waals surface area contributed by atoms with E-state index >= 15 is 0 Å². The average molecular weight is 436 g/mol. The molecule has 0 aliphatic carbocycles. The van der Waals surface area contributed by atoms with Gasteiger partial charge in [0.1, 0.15) is 24.1 Å². The van der Waals surface area contributed by atoms with Gasteiger partial charge in [0.15, 0.2) is 17.7 Å². The van der Waals surface area contributed by atoms with Crippen LogP contribution in [0.15, 0.2) is 12.7 Å². The third-order valence-electron chi connectivity index (χ3n) is 4.56. The molecule has 2 aromatic rings. The monoisotopic (exact) mass is 435 g/mol. The molecule has 1 aliphatic rings. The zero-order chi connectivity index (χ0) is 21.5. The molecule has 0 aromatic carbocycles. The normalized spacial score (nSPS) is 23.3. The van der Waals surface area contributed by atoms with Crippen LogP contribution in [0.25, 0.3) is 11.2 Å². The smallest absolute Gasteiger partial charge is 0.220 e. The Labute approximate surface area is 177 Å². The van der Waals surface area contributed by atoms with Crippen LogP contribution in [0.5, 0.6) is 0 Å². The maximum absolute atomic E-state index is 11.4. The Balaban J connectivity index is 1.48. The molecule has 1 saturated heterocycles. The Kier molecular flexibility index (Phi) is 7.83. The molecule has 0 bridgehead atoms. The van der Waals surface area contributed by atoms with Gasteiger partial charge in [-0.1, -0.05) is 11.8 Å². The number of ether oxygens (including phenoxy) is 1. The van der Waals surface area contributed by atoms with Gasteiger partial charge in [0.25, 0.3) is 0 Å². The van der Waals surface area contributed by atoms with Gasteiger partial charge in [0.05, 0.1) is 24.7 Å². The highest BCUT2D eigenvalue weighted by molar-refractivity contribution is 7.99. The summed E-state index contributed by atoms with van der Waals surface area (Å²) in [4.78, 5) is 23.6. The van der Waals surface area contributed by atoms with Crippen molar-refractivity contribution in [3.63, 3.8) is 0 Å². The number of nitrogens with one attached hydrogen (secondary N) is 1. The number of hydrogen-bond donors (Lipinski definition) is 5.